The molecule has 1 nitrogen and oxygen atoms in total. The van der Waals surface area contributed by atoms with E-state index in [0.717, 1.165) is 6.04 Å². The molecule has 0 radical (unpaired) electrons. The van der Waals surface area contributed by atoms with E-state index in [2.05, 4.69) is 72.6 Å². The predicted octanol–water partition coefficient (Wildman–Crippen LogP) is 4.46. The minimum atomic E-state index is 0.585. The van der Waals surface area contributed by atoms with E-state index in [4.69, 9.17) is 0 Å². The second-order valence-corrected chi connectivity index (χ2v) is 6.24. The molecule has 0 unspecified atom stereocenters. The average Bonchev–Trinajstić information content (AvgIpc) is 2.79. The Morgan fingerprint density at radius 3 is 2.10 bits per heavy atom. The van der Waals surface area contributed by atoms with Crippen LogP contribution in [0, 0.1) is 0 Å². The lowest BCUT2D eigenvalue weighted by atomic mass is 9.85. The quantitative estimate of drug-likeness (QED) is 0.782. The molecule has 0 saturated carbocycles. The van der Waals surface area contributed by atoms with Crippen LogP contribution in [-0.4, -0.2) is 24.0 Å². The number of benzene rings is 2. The Kier molecular flexibility index (Phi) is 3.16. The van der Waals surface area contributed by atoms with Crippen molar-refractivity contribution in [3.8, 4) is 0 Å². The van der Waals surface area contributed by atoms with Crippen LogP contribution < -0.4 is 0 Å². The average molecular weight is 275 g/mol. The number of hydrogen-bond acceptors (Lipinski definition) is 1. The summed E-state index contributed by atoms with van der Waals surface area (Å²) in [6.07, 6.45) is 3.80. The van der Waals surface area contributed by atoms with Crippen LogP contribution in [0.2, 0.25) is 0 Å². The van der Waals surface area contributed by atoms with Crippen LogP contribution in [0.15, 0.2) is 60.7 Å². The zero-order chi connectivity index (χ0) is 14.2. The van der Waals surface area contributed by atoms with Gasteiger partial charge in [0.05, 0.1) is 0 Å². The van der Waals surface area contributed by atoms with Crippen molar-refractivity contribution in [1.29, 1.82) is 0 Å². The van der Waals surface area contributed by atoms with E-state index < -0.39 is 0 Å². The van der Waals surface area contributed by atoms with Gasteiger partial charge in [-0.05, 0) is 48.6 Å². The monoisotopic (exact) mass is 275 g/mol. The maximum Gasteiger partial charge on any atom is 0.0357 e. The lowest BCUT2D eigenvalue weighted by Gasteiger charge is -2.36. The summed E-state index contributed by atoms with van der Waals surface area (Å²) in [5, 5.41) is 0. The highest BCUT2D eigenvalue weighted by atomic mass is 15.2. The van der Waals surface area contributed by atoms with Gasteiger partial charge in [-0.1, -0.05) is 60.7 Å². The van der Waals surface area contributed by atoms with Crippen LogP contribution in [0.1, 0.15) is 30.4 Å². The molecule has 0 amide bonds. The van der Waals surface area contributed by atoms with Crippen molar-refractivity contribution in [2.75, 3.05) is 7.05 Å². The highest BCUT2D eigenvalue weighted by Gasteiger charge is 2.39. The van der Waals surface area contributed by atoms with E-state index in [0.29, 0.717) is 6.04 Å². The third kappa shape index (κ3) is 2.13. The van der Waals surface area contributed by atoms with Crippen molar-refractivity contribution >= 4 is 11.1 Å². The minimum Gasteiger partial charge on any atom is -0.296 e. The second kappa shape index (κ2) is 5.16. The van der Waals surface area contributed by atoms with Crippen LogP contribution in [0.25, 0.3) is 11.1 Å². The maximum atomic E-state index is 2.59. The number of hydrogen-bond donors (Lipinski definition) is 0. The number of fused-ring (bicyclic) bond motifs is 2. The molecule has 0 aromatic heterocycles. The molecule has 0 aliphatic carbocycles. The summed E-state index contributed by atoms with van der Waals surface area (Å²) in [6.45, 7) is 0. The van der Waals surface area contributed by atoms with Gasteiger partial charge < -0.3 is 0 Å². The van der Waals surface area contributed by atoms with Crippen molar-refractivity contribution in [3.05, 3.63) is 71.8 Å². The van der Waals surface area contributed by atoms with Crippen molar-refractivity contribution in [3.63, 3.8) is 0 Å². The lowest BCUT2D eigenvalue weighted by molar-refractivity contribution is 0.271. The first-order valence-electron chi connectivity index (χ1n) is 7.90. The molecule has 2 atom stereocenters. The fraction of sp³-hybridized carbons (Fsp3) is 0.300. The molecule has 106 valence electrons. The lowest BCUT2D eigenvalue weighted by Crippen LogP contribution is -2.37. The van der Waals surface area contributed by atoms with Gasteiger partial charge in [0.15, 0.2) is 0 Å². The van der Waals surface area contributed by atoms with Crippen LogP contribution in [-0.2, 0) is 0 Å². The summed E-state index contributed by atoms with van der Waals surface area (Å²) in [7, 11) is 2.30. The van der Waals surface area contributed by atoms with Gasteiger partial charge in [0.25, 0.3) is 0 Å². The Balaban J connectivity index is 1.91. The Labute approximate surface area is 126 Å². The molecule has 2 aliphatic heterocycles. The molecule has 2 aromatic rings. The molecule has 2 aliphatic rings. The topological polar surface area (TPSA) is 3.24 Å². The van der Waals surface area contributed by atoms with Crippen LogP contribution in [0.4, 0.5) is 0 Å². The molecule has 2 aromatic carbocycles. The zero-order valence-electron chi connectivity index (χ0n) is 12.5. The first-order chi connectivity index (χ1) is 10.3. The van der Waals surface area contributed by atoms with E-state index in [1.807, 2.05) is 0 Å². The van der Waals surface area contributed by atoms with Crippen LogP contribution >= 0.6 is 0 Å². The molecule has 2 heterocycles. The Hall–Kier alpha value is -1.86. The zero-order valence-corrected chi connectivity index (χ0v) is 12.5. The largest absolute Gasteiger partial charge is 0.296 e. The SMILES string of the molecule is CN1[C@H]2CC[C@@H]1C(c1ccccc1)=C(c1ccccc1)C2. The van der Waals surface area contributed by atoms with Gasteiger partial charge in [-0.15, -0.1) is 0 Å². The Morgan fingerprint density at radius 1 is 0.810 bits per heavy atom. The van der Waals surface area contributed by atoms with Crippen molar-refractivity contribution < 1.29 is 0 Å². The first-order valence-corrected chi connectivity index (χ1v) is 7.90. The molecule has 1 heteroatoms. The first kappa shape index (κ1) is 12.8. The van der Waals surface area contributed by atoms with Gasteiger partial charge in [0, 0.05) is 12.1 Å². The fourth-order valence-electron chi connectivity index (χ4n) is 4.05. The summed E-state index contributed by atoms with van der Waals surface area (Å²) in [5.74, 6) is 0. The smallest absolute Gasteiger partial charge is 0.0357 e. The van der Waals surface area contributed by atoms with E-state index in [1.54, 1.807) is 11.1 Å². The summed E-state index contributed by atoms with van der Waals surface area (Å²) < 4.78 is 0. The maximum absolute atomic E-state index is 2.59. The van der Waals surface area contributed by atoms with E-state index in [1.165, 1.54) is 30.4 Å². The van der Waals surface area contributed by atoms with Gasteiger partial charge in [-0.2, -0.15) is 0 Å². The molecule has 2 bridgehead atoms. The molecule has 21 heavy (non-hydrogen) atoms. The molecule has 1 fully saturated rings. The van der Waals surface area contributed by atoms with Crippen LogP contribution in [0.5, 0.6) is 0 Å². The van der Waals surface area contributed by atoms with E-state index in [-0.39, 0.29) is 0 Å². The van der Waals surface area contributed by atoms with Crippen molar-refractivity contribution in [1.82, 2.24) is 4.90 Å². The predicted molar refractivity (Wildman–Crippen MR) is 88.9 cm³/mol. The number of likely N-dealkylation sites (N-methyl/N-ethyl adjacent to an activating group) is 1. The number of nitrogens with zero attached hydrogens (tertiary/aromatic N) is 1. The summed E-state index contributed by atoms with van der Waals surface area (Å²) in [6, 6.07) is 23.2. The summed E-state index contributed by atoms with van der Waals surface area (Å²) >= 11 is 0. The highest BCUT2D eigenvalue weighted by Crippen LogP contribution is 2.45. The van der Waals surface area contributed by atoms with Gasteiger partial charge in [-0.3, -0.25) is 4.90 Å². The molecule has 1 saturated heterocycles. The van der Waals surface area contributed by atoms with Gasteiger partial charge >= 0.3 is 0 Å². The third-order valence-electron chi connectivity index (χ3n) is 5.15. The number of rotatable bonds is 2. The summed E-state index contributed by atoms with van der Waals surface area (Å²) in [4.78, 5) is 2.59. The van der Waals surface area contributed by atoms with E-state index in [9.17, 15) is 0 Å². The molecule has 4 rings (SSSR count). The minimum absolute atomic E-state index is 0.585. The van der Waals surface area contributed by atoms with E-state index >= 15 is 0 Å². The van der Waals surface area contributed by atoms with Crippen molar-refractivity contribution in [2.24, 2.45) is 0 Å². The summed E-state index contributed by atoms with van der Waals surface area (Å²) in [5.41, 5.74) is 5.92. The molecule has 0 spiro atoms. The van der Waals surface area contributed by atoms with Crippen LogP contribution in [0.3, 0.4) is 0 Å². The van der Waals surface area contributed by atoms with Crippen molar-refractivity contribution in [2.45, 2.75) is 31.3 Å². The van der Waals surface area contributed by atoms with Gasteiger partial charge in [-0.25, -0.2) is 0 Å². The second-order valence-electron chi connectivity index (χ2n) is 6.24. The molecular weight excluding hydrogens is 254 g/mol. The third-order valence-corrected chi connectivity index (χ3v) is 5.15. The molecular formula is C20H21N. The molecule has 0 N–H and O–H groups in total. The van der Waals surface area contributed by atoms with Gasteiger partial charge in [0.2, 0.25) is 0 Å². The van der Waals surface area contributed by atoms with Gasteiger partial charge in [0.1, 0.15) is 0 Å². The highest BCUT2D eigenvalue weighted by molar-refractivity contribution is 5.94. The Morgan fingerprint density at radius 2 is 1.43 bits per heavy atom. The Bertz CT molecular complexity index is 657. The standard InChI is InChI=1S/C20H21N/c1-21-17-12-13-19(21)20(16-10-6-3-7-11-16)18(14-17)15-8-4-2-5-9-15/h2-11,17,19H,12-14H2,1H3/t17-,19+/m0/s1. The normalized spacial score (nSPS) is 25.4. The fourth-order valence-corrected chi connectivity index (χ4v) is 4.05.